The van der Waals surface area contributed by atoms with E-state index in [0.29, 0.717) is 16.1 Å². The van der Waals surface area contributed by atoms with Gasteiger partial charge in [0.1, 0.15) is 11.1 Å². The lowest BCUT2D eigenvalue weighted by atomic mass is 9.96. The minimum absolute atomic E-state index is 0.141. The largest absolute Gasteiger partial charge is 0.312 e. The zero-order valence-electron chi connectivity index (χ0n) is 12.8. The number of rotatable bonds is 2. The third kappa shape index (κ3) is 2.65. The van der Waals surface area contributed by atoms with Gasteiger partial charge in [-0.25, -0.2) is 0 Å². The Morgan fingerprint density at radius 2 is 2.00 bits per heavy atom. The van der Waals surface area contributed by atoms with Crippen LogP contribution >= 0.6 is 11.3 Å². The highest BCUT2D eigenvalue weighted by atomic mass is 32.1. The van der Waals surface area contributed by atoms with Gasteiger partial charge in [0, 0.05) is 10.4 Å². The maximum absolute atomic E-state index is 12.4. The van der Waals surface area contributed by atoms with Gasteiger partial charge >= 0.3 is 0 Å². The number of thiophene rings is 1. The Bertz CT molecular complexity index is 783. The summed E-state index contributed by atoms with van der Waals surface area (Å²) in [6, 6.07) is 7.95. The van der Waals surface area contributed by atoms with Crippen LogP contribution in [0.15, 0.2) is 18.2 Å². The quantitative estimate of drug-likeness (QED) is 0.895. The van der Waals surface area contributed by atoms with Gasteiger partial charge in [-0.1, -0.05) is 6.07 Å². The van der Waals surface area contributed by atoms with E-state index < -0.39 is 0 Å². The first-order chi connectivity index (χ1) is 10.6. The van der Waals surface area contributed by atoms with Gasteiger partial charge in [0.25, 0.3) is 5.91 Å². The summed E-state index contributed by atoms with van der Waals surface area (Å²) in [7, 11) is 0. The molecular weight excluding hydrogens is 292 g/mol. The molecule has 0 radical (unpaired) electrons. The van der Waals surface area contributed by atoms with Gasteiger partial charge in [0.05, 0.1) is 5.56 Å². The van der Waals surface area contributed by atoms with Crippen LogP contribution < -0.4 is 5.32 Å². The van der Waals surface area contributed by atoms with Crippen molar-refractivity contribution in [2.24, 2.45) is 0 Å². The first kappa shape index (κ1) is 14.8. The van der Waals surface area contributed by atoms with Gasteiger partial charge in [-0.15, -0.1) is 11.3 Å². The number of hydrogen-bond donors (Lipinski definition) is 1. The number of hydrogen-bond acceptors (Lipinski definition) is 3. The van der Waals surface area contributed by atoms with Crippen molar-refractivity contribution < 1.29 is 4.79 Å². The summed E-state index contributed by atoms with van der Waals surface area (Å²) in [4.78, 5) is 13.7. The summed E-state index contributed by atoms with van der Waals surface area (Å²) in [6.07, 6.45) is 4.27. The van der Waals surface area contributed by atoms with Crippen molar-refractivity contribution in [3.05, 3.63) is 50.9 Å². The molecule has 1 aromatic carbocycles. The maximum Gasteiger partial charge on any atom is 0.256 e. The highest BCUT2D eigenvalue weighted by Crippen LogP contribution is 2.37. The number of nitriles is 1. The van der Waals surface area contributed by atoms with Crippen molar-refractivity contribution in [1.29, 1.82) is 5.26 Å². The van der Waals surface area contributed by atoms with Crippen LogP contribution in [0.25, 0.3) is 0 Å². The monoisotopic (exact) mass is 310 g/mol. The molecule has 112 valence electrons. The molecule has 0 bridgehead atoms. The molecule has 4 heteroatoms. The fourth-order valence-electron chi connectivity index (χ4n) is 2.83. The number of carbonyl (C=O) groups excluding carboxylic acids is 1. The highest BCUT2D eigenvalue weighted by molar-refractivity contribution is 7.16. The molecule has 0 saturated carbocycles. The molecule has 0 spiro atoms. The fraction of sp³-hybridized carbons (Fsp3) is 0.333. The second-order valence-electron chi connectivity index (χ2n) is 5.78. The molecule has 0 atom stereocenters. The predicted molar refractivity (Wildman–Crippen MR) is 89.5 cm³/mol. The number of amides is 1. The summed E-state index contributed by atoms with van der Waals surface area (Å²) in [5, 5.41) is 13.1. The summed E-state index contributed by atoms with van der Waals surface area (Å²) in [5.41, 5.74) is 4.71. The van der Waals surface area contributed by atoms with Crippen molar-refractivity contribution in [2.75, 3.05) is 5.32 Å². The second-order valence-corrected chi connectivity index (χ2v) is 6.89. The molecule has 3 rings (SSSR count). The van der Waals surface area contributed by atoms with Crippen molar-refractivity contribution >= 4 is 22.2 Å². The number of fused-ring (bicyclic) bond motifs is 1. The molecule has 1 amide bonds. The topological polar surface area (TPSA) is 52.9 Å². The van der Waals surface area contributed by atoms with E-state index in [1.165, 1.54) is 16.9 Å². The number of anilines is 1. The Kier molecular flexibility index (Phi) is 4.00. The maximum atomic E-state index is 12.4. The van der Waals surface area contributed by atoms with Crippen LogP contribution in [0.1, 0.15) is 50.3 Å². The first-order valence-corrected chi connectivity index (χ1v) is 8.35. The SMILES string of the molecule is Cc1ccc(C(=O)Nc2sc3c(c2C#N)CCCC3)cc1C. The molecular formula is C18H18N2OS. The van der Waals surface area contributed by atoms with Gasteiger partial charge < -0.3 is 5.32 Å². The Labute approximate surface area is 134 Å². The fourth-order valence-corrected chi connectivity index (χ4v) is 4.06. The first-order valence-electron chi connectivity index (χ1n) is 7.53. The van der Waals surface area contributed by atoms with E-state index in [0.717, 1.165) is 30.4 Å². The van der Waals surface area contributed by atoms with Crippen LogP contribution in [0.2, 0.25) is 0 Å². The number of nitrogens with one attached hydrogen (secondary N) is 1. The summed E-state index contributed by atoms with van der Waals surface area (Å²) < 4.78 is 0. The second kappa shape index (κ2) is 5.94. The summed E-state index contributed by atoms with van der Waals surface area (Å²) in [6.45, 7) is 4.02. The molecule has 1 aliphatic carbocycles. The van der Waals surface area contributed by atoms with Crippen LogP contribution in [-0.4, -0.2) is 5.91 Å². The third-order valence-electron chi connectivity index (χ3n) is 4.28. The molecule has 1 aliphatic rings. The van der Waals surface area contributed by atoms with Crippen LogP contribution in [0.5, 0.6) is 0 Å². The van der Waals surface area contributed by atoms with E-state index in [1.54, 1.807) is 11.3 Å². The molecule has 0 aliphatic heterocycles. The number of nitrogens with zero attached hydrogens (tertiary/aromatic N) is 1. The summed E-state index contributed by atoms with van der Waals surface area (Å²) >= 11 is 1.56. The molecule has 2 aromatic rings. The molecule has 0 fully saturated rings. The van der Waals surface area contributed by atoms with Crippen LogP contribution in [-0.2, 0) is 12.8 Å². The van der Waals surface area contributed by atoms with E-state index in [2.05, 4.69) is 11.4 Å². The average Bonchev–Trinajstić information content (AvgIpc) is 2.86. The lowest BCUT2D eigenvalue weighted by Crippen LogP contribution is -2.12. The van der Waals surface area contributed by atoms with E-state index in [9.17, 15) is 10.1 Å². The van der Waals surface area contributed by atoms with Crippen molar-refractivity contribution in [3.63, 3.8) is 0 Å². The molecule has 3 nitrogen and oxygen atoms in total. The molecule has 22 heavy (non-hydrogen) atoms. The smallest absolute Gasteiger partial charge is 0.256 e. The van der Waals surface area contributed by atoms with E-state index in [4.69, 9.17) is 0 Å². The Morgan fingerprint density at radius 1 is 1.23 bits per heavy atom. The van der Waals surface area contributed by atoms with Crippen molar-refractivity contribution in [3.8, 4) is 6.07 Å². The molecule has 1 aromatic heterocycles. The highest BCUT2D eigenvalue weighted by Gasteiger charge is 2.22. The molecule has 1 N–H and O–H groups in total. The van der Waals surface area contributed by atoms with Gasteiger partial charge in [0.2, 0.25) is 0 Å². The minimum atomic E-state index is -0.141. The van der Waals surface area contributed by atoms with Gasteiger partial charge in [0.15, 0.2) is 0 Å². The zero-order valence-corrected chi connectivity index (χ0v) is 13.6. The standard InChI is InChI=1S/C18H18N2OS/c1-11-7-8-13(9-12(11)2)17(21)20-18-15(10-19)14-5-3-4-6-16(14)22-18/h7-9H,3-6H2,1-2H3,(H,20,21). The predicted octanol–water partition coefficient (Wildman–Crippen LogP) is 4.37. The molecule has 0 unspecified atom stereocenters. The Balaban J connectivity index is 1.89. The molecule has 1 heterocycles. The lowest BCUT2D eigenvalue weighted by Gasteiger charge is -2.09. The lowest BCUT2D eigenvalue weighted by molar-refractivity contribution is 0.102. The number of benzene rings is 1. The Morgan fingerprint density at radius 3 is 2.73 bits per heavy atom. The minimum Gasteiger partial charge on any atom is -0.312 e. The van der Waals surface area contributed by atoms with Crippen LogP contribution in [0.4, 0.5) is 5.00 Å². The Hall–Kier alpha value is -2.12. The van der Waals surface area contributed by atoms with Gasteiger partial charge in [-0.2, -0.15) is 5.26 Å². The normalized spacial score (nSPS) is 13.3. The number of carbonyl (C=O) groups is 1. The average molecular weight is 310 g/mol. The van der Waals surface area contributed by atoms with E-state index in [1.807, 2.05) is 32.0 Å². The molecule has 0 saturated heterocycles. The van der Waals surface area contributed by atoms with Crippen molar-refractivity contribution in [1.82, 2.24) is 0 Å². The van der Waals surface area contributed by atoms with Crippen molar-refractivity contribution in [2.45, 2.75) is 39.5 Å². The zero-order chi connectivity index (χ0) is 15.7. The third-order valence-corrected chi connectivity index (χ3v) is 5.49. The van der Waals surface area contributed by atoms with Gasteiger partial charge in [-0.3, -0.25) is 4.79 Å². The van der Waals surface area contributed by atoms with Crippen LogP contribution in [0.3, 0.4) is 0 Å². The summed E-state index contributed by atoms with van der Waals surface area (Å²) in [5.74, 6) is -0.141. The van der Waals surface area contributed by atoms with E-state index >= 15 is 0 Å². The van der Waals surface area contributed by atoms with Crippen LogP contribution in [0, 0.1) is 25.2 Å². The van der Waals surface area contributed by atoms with Gasteiger partial charge in [-0.05, 0) is 68.4 Å². The number of aryl methyl sites for hydroxylation is 3. The van der Waals surface area contributed by atoms with E-state index in [-0.39, 0.29) is 5.91 Å².